The molecular formula is C42H50N4O6. The molecule has 0 aliphatic rings. The summed E-state index contributed by atoms with van der Waals surface area (Å²) in [4.78, 5) is 47.7. The maximum Gasteiger partial charge on any atom is 0.329 e. The zero-order chi connectivity index (χ0) is 37.5. The molecule has 10 nitrogen and oxygen atoms in total. The highest BCUT2D eigenvalue weighted by atomic mass is 16.5. The van der Waals surface area contributed by atoms with E-state index in [9.17, 15) is 24.6 Å². The Labute approximate surface area is 306 Å². The Morgan fingerprint density at radius 3 is 2.06 bits per heavy atom. The fraction of sp³-hybridized carbons (Fsp3) is 0.357. The van der Waals surface area contributed by atoms with Crippen LogP contribution in [-0.4, -0.2) is 56.7 Å². The van der Waals surface area contributed by atoms with Gasteiger partial charge in [-0.05, 0) is 46.7 Å². The number of nitrogens with one attached hydrogen (secondary N) is 2. The van der Waals surface area contributed by atoms with Crippen molar-refractivity contribution in [2.75, 3.05) is 6.61 Å². The van der Waals surface area contributed by atoms with Crippen molar-refractivity contribution in [3.63, 3.8) is 0 Å². The van der Waals surface area contributed by atoms with E-state index in [2.05, 4.69) is 27.5 Å². The standard InChI is InChI=1S/C42H50N4O6/c1-5-6-7-8-12-25-52-34-21-19-30(20-22-34)33-27-43-39(44-28-33)32-17-15-29(16-18-32)26-35(45-36(47)23-24-42(2,3)4)40(49)46-37(41(50)51)38(48)31-13-10-9-11-14-31/h9-11,13-24,27-28,35,37-38,48H,5-8,12,25-26H2,1-4H3,(H,45,47)(H,46,49)(H,50,51)/b24-23+/t35-,37?,38?/m0/s1. The van der Waals surface area contributed by atoms with Gasteiger partial charge in [0, 0.05) is 29.9 Å². The lowest BCUT2D eigenvalue weighted by molar-refractivity contribution is -0.145. The van der Waals surface area contributed by atoms with Gasteiger partial charge >= 0.3 is 5.97 Å². The van der Waals surface area contributed by atoms with Crippen molar-refractivity contribution >= 4 is 17.8 Å². The summed E-state index contributed by atoms with van der Waals surface area (Å²) in [6, 6.07) is 20.6. The summed E-state index contributed by atoms with van der Waals surface area (Å²) in [5.41, 5.74) is 3.37. The van der Waals surface area contributed by atoms with Crippen LogP contribution in [0.15, 0.2) is 103 Å². The van der Waals surface area contributed by atoms with Crippen LogP contribution in [0.1, 0.15) is 77.0 Å². The largest absolute Gasteiger partial charge is 0.494 e. The minimum Gasteiger partial charge on any atom is -0.494 e. The number of hydrogen-bond donors (Lipinski definition) is 4. The summed E-state index contributed by atoms with van der Waals surface area (Å²) < 4.78 is 5.88. The summed E-state index contributed by atoms with van der Waals surface area (Å²) in [6.07, 6.45) is 11.1. The SMILES string of the molecule is CCCCCCCOc1ccc(-c2cnc(-c3ccc(C[C@H](NC(=O)/C=C/C(C)(C)C)C(=O)NC(C(=O)O)C(O)c4ccccc4)cc3)nc2)cc1. The van der Waals surface area contributed by atoms with E-state index in [0.29, 0.717) is 23.6 Å². The van der Waals surface area contributed by atoms with E-state index in [4.69, 9.17) is 4.74 Å². The van der Waals surface area contributed by atoms with Gasteiger partial charge in [-0.15, -0.1) is 0 Å². The van der Waals surface area contributed by atoms with Gasteiger partial charge in [0.1, 0.15) is 17.9 Å². The lowest BCUT2D eigenvalue weighted by Gasteiger charge is -2.24. The maximum absolute atomic E-state index is 13.5. The van der Waals surface area contributed by atoms with Crippen LogP contribution in [0.25, 0.3) is 22.5 Å². The third kappa shape index (κ3) is 12.5. The number of rotatable bonds is 18. The molecule has 274 valence electrons. The second-order valence-corrected chi connectivity index (χ2v) is 13.9. The van der Waals surface area contributed by atoms with Crippen LogP contribution in [0.4, 0.5) is 0 Å². The van der Waals surface area contributed by atoms with Crippen LogP contribution >= 0.6 is 0 Å². The molecule has 0 aliphatic heterocycles. The van der Waals surface area contributed by atoms with E-state index in [1.54, 1.807) is 60.9 Å². The number of hydrogen-bond acceptors (Lipinski definition) is 7. The number of carboxylic acid groups (broad SMARTS) is 1. The number of aliphatic hydroxyl groups excluding tert-OH is 1. The van der Waals surface area contributed by atoms with Crippen molar-refractivity contribution in [3.05, 3.63) is 115 Å². The number of carbonyl (C=O) groups is 3. The predicted octanol–water partition coefficient (Wildman–Crippen LogP) is 7.09. The lowest BCUT2D eigenvalue weighted by Crippen LogP contribution is -2.54. The van der Waals surface area contributed by atoms with Gasteiger partial charge in [0.25, 0.3) is 0 Å². The molecule has 0 spiro atoms. The molecule has 2 amide bonds. The number of unbranched alkanes of at least 4 members (excludes halogenated alkanes) is 4. The number of carbonyl (C=O) groups excluding carboxylic acids is 2. The van der Waals surface area contributed by atoms with Crippen molar-refractivity contribution < 1.29 is 29.3 Å². The quantitative estimate of drug-likeness (QED) is 0.0633. The molecule has 3 aromatic carbocycles. The molecule has 0 fully saturated rings. The van der Waals surface area contributed by atoms with Crippen molar-refractivity contribution in [3.8, 4) is 28.3 Å². The fourth-order valence-electron chi connectivity index (χ4n) is 5.42. The monoisotopic (exact) mass is 706 g/mol. The van der Waals surface area contributed by atoms with E-state index in [1.807, 2.05) is 57.2 Å². The maximum atomic E-state index is 13.5. The first-order valence-corrected chi connectivity index (χ1v) is 17.8. The average molecular weight is 707 g/mol. The van der Waals surface area contributed by atoms with Gasteiger partial charge in [-0.3, -0.25) is 9.59 Å². The Balaban J connectivity index is 1.43. The number of ether oxygens (including phenoxy) is 1. The Hall–Kier alpha value is -5.35. The van der Waals surface area contributed by atoms with Gasteiger partial charge < -0.3 is 25.6 Å². The van der Waals surface area contributed by atoms with Crippen molar-refractivity contribution in [1.29, 1.82) is 0 Å². The van der Waals surface area contributed by atoms with Crippen LogP contribution in [-0.2, 0) is 20.8 Å². The van der Waals surface area contributed by atoms with Crippen LogP contribution in [0.5, 0.6) is 5.75 Å². The Morgan fingerprint density at radius 2 is 1.44 bits per heavy atom. The number of benzene rings is 3. The minimum atomic E-state index is -1.64. The molecule has 4 aromatic rings. The van der Waals surface area contributed by atoms with E-state index in [-0.39, 0.29) is 11.8 Å². The summed E-state index contributed by atoms with van der Waals surface area (Å²) >= 11 is 0. The molecule has 0 radical (unpaired) electrons. The van der Waals surface area contributed by atoms with Gasteiger partial charge in [0.15, 0.2) is 11.9 Å². The molecule has 1 aromatic heterocycles. The van der Waals surface area contributed by atoms with E-state index >= 15 is 0 Å². The number of carboxylic acids is 1. The smallest absolute Gasteiger partial charge is 0.329 e. The Bertz CT molecular complexity index is 1750. The summed E-state index contributed by atoms with van der Waals surface area (Å²) in [5.74, 6) is -1.30. The number of nitrogens with zero attached hydrogens (tertiary/aromatic N) is 2. The van der Waals surface area contributed by atoms with Gasteiger partial charge in [-0.25, -0.2) is 14.8 Å². The number of amides is 2. The number of allylic oxidation sites excluding steroid dienone is 1. The highest BCUT2D eigenvalue weighted by Crippen LogP contribution is 2.24. The van der Waals surface area contributed by atoms with E-state index in [0.717, 1.165) is 28.9 Å². The zero-order valence-corrected chi connectivity index (χ0v) is 30.4. The fourth-order valence-corrected chi connectivity index (χ4v) is 5.42. The Kier molecular flexibility index (Phi) is 14.6. The molecule has 0 saturated heterocycles. The summed E-state index contributed by atoms with van der Waals surface area (Å²) in [6.45, 7) is 8.73. The van der Waals surface area contributed by atoms with Crippen molar-refractivity contribution in [1.82, 2.24) is 20.6 Å². The summed E-state index contributed by atoms with van der Waals surface area (Å²) in [5, 5.41) is 25.8. The second-order valence-electron chi connectivity index (χ2n) is 13.9. The number of aliphatic hydroxyl groups is 1. The normalized spacial score (nSPS) is 13.2. The van der Waals surface area contributed by atoms with Gasteiger partial charge in [-0.2, -0.15) is 0 Å². The highest BCUT2D eigenvalue weighted by molar-refractivity contribution is 5.94. The third-order valence-corrected chi connectivity index (χ3v) is 8.40. The summed E-state index contributed by atoms with van der Waals surface area (Å²) in [7, 11) is 0. The molecule has 1 heterocycles. The molecule has 52 heavy (non-hydrogen) atoms. The van der Waals surface area contributed by atoms with E-state index in [1.165, 1.54) is 31.8 Å². The van der Waals surface area contributed by atoms with Crippen LogP contribution < -0.4 is 15.4 Å². The predicted molar refractivity (Wildman–Crippen MR) is 202 cm³/mol. The molecular weight excluding hydrogens is 656 g/mol. The molecule has 10 heteroatoms. The molecule has 0 bridgehead atoms. The topological polar surface area (TPSA) is 151 Å². The van der Waals surface area contributed by atoms with Gasteiger partial charge in [-0.1, -0.05) is 126 Å². The molecule has 2 unspecified atom stereocenters. The number of aliphatic carboxylic acids is 1. The van der Waals surface area contributed by atoms with Crippen LogP contribution in [0, 0.1) is 5.41 Å². The van der Waals surface area contributed by atoms with Crippen molar-refractivity contribution in [2.24, 2.45) is 5.41 Å². The first-order chi connectivity index (χ1) is 24.9. The van der Waals surface area contributed by atoms with Crippen molar-refractivity contribution in [2.45, 2.75) is 84.4 Å². The third-order valence-electron chi connectivity index (χ3n) is 8.40. The van der Waals surface area contributed by atoms with Crippen LogP contribution in [0.2, 0.25) is 0 Å². The first kappa shape index (κ1) is 39.4. The molecule has 4 N–H and O–H groups in total. The molecule has 3 atom stereocenters. The second kappa shape index (κ2) is 19.3. The first-order valence-electron chi connectivity index (χ1n) is 17.8. The van der Waals surface area contributed by atoms with Crippen LogP contribution in [0.3, 0.4) is 0 Å². The lowest BCUT2D eigenvalue weighted by atomic mass is 9.96. The minimum absolute atomic E-state index is 0.0628. The highest BCUT2D eigenvalue weighted by Gasteiger charge is 2.32. The van der Waals surface area contributed by atoms with Gasteiger partial charge in [0.05, 0.1) is 6.61 Å². The Morgan fingerprint density at radius 1 is 0.808 bits per heavy atom. The average Bonchev–Trinajstić information content (AvgIpc) is 3.14. The van der Waals surface area contributed by atoms with Gasteiger partial charge in [0.2, 0.25) is 11.8 Å². The molecule has 0 aliphatic carbocycles. The zero-order valence-electron chi connectivity index (χ0n) is 30.4. The molecule has 0 saturated carbocycles. The number of aromatic nitrogens is 2. The van der Waals surface area contributed by atoms with E-state index < -0.39 is 36.0 Å². The molecule has 4 rings (SSSR count).